The van der Waals surface area contributed by atoms with E-state index in [0.717, 1.165) is 5.56 Å². The second-order valence-corrected chi connectivity index (χ2v) is 4.96. The SMILES string of the molecule is C=CC[C@H](NC(=O)c1cn(C)nc1-c1ccccc1)C(=O)C#N. The molecule has 6 heteroatoms. The van der Waals surface area contributed by atoms with Crippen LogP contribution in [0.1, 0.15) is 16.8 Å². The molecule has 0 aliphatic rings. The zero-order valence-electron chi connectivity index (χ0n) is 12.7. The first-order valence-corrected chi connectivity index (χ1v) is 7.01. The van der Waals surface area contributed by atoms with Crippen LogP contribution in [0, 0.1) is 11.3 Å². The van der Waals surface area contributed by atoms with Gasteiger partial charge in [0, 0.05) is 18.8 Å². The van der Waals surface area contributed by atoms with E-state index in [1.807, 2.05) is 30.3 Å². The Bertz CT molecular complexity index is 772. The molecule has 1 amide bonds. The Kier molecular flexibility index (Phi) is 5.05. The van der Waals surface area contributed by atoms with Crippen LogP contribution in [0.25, 0.3) is 11.3 Å². The van der Waals surface area contributed by atoms with Crippen molar-refractivity contribution in [3.05, 3.63) is 54.7 Å². The number of carbonyl (C=O) groups is 2. The summed E-state index contributed by atoms with van der Waals surface area (Å²) in [7, 11) is 1.71. The normalized spacial score (nSPS) is 11.3. The first-order chi connectivity index (χ1) is 11.1. The number of hydrogen-bond acceptors (Lipinski definition) is 4. The molecule has 0 aliphatic heterocycles. The maximum Gasteiger partial charge on any atom is 0.255 e. The van der Waals surface area contributed by atoms with Gasteiger partial charge in [0.1, 0.15) is 17.8 Å². The number of aryl methyl sites for hydroxylation is 1. The van der Waals surface area contributed by atoms with Crippen LogP contribution < -0.4 is 5.32 Å². The average Bonchev–Trinajstić information content (AvgIpc) is 2.96. The van der Waals surface area contributed by atoms with Crippen molar-refractivity contribution in [2.45, 2.75) is 12.5 Å². The van der Waals surface area contributed by atoms with E-state index in [0.29, 0.717) is 11.3 Å². The lowest BCUT2D eigenvalue weighted by molar-refractivity contribution is -0.115. The fourth-order valence-electron chi connectivity index (χ4n) is 2.18. The molecular weight excluding hydrogens is 292 g/mol. The van der Waals surface area contributed by atoms with Crippen molar-refractivity contribution in [1.29, 1.82) is 5.26 Å². The van der Waals surface area contributed by atoms with Crippen LogP contribution >= 0.6 is 0 Å². The van der Waals surface area contributed by atoms with Gasteiger partial charge >= 0.3 is 0 Å². The number of nitrogens with zero attached hydrogens (tertiary/aromatic N) is 3. The number of ketones is 1. The third-order valence-electron chi connectivity index (χ3n) is 3.26. The summed E-state index contributed by atoms with van der Waals surface area (Å²) in [5, 5.41) is 15.6. The predicted octanol–water partition coefficient (Wildman–Crippen LogP) is 1.85. The summed E-state index contributed by atoms with van der Waals surface area (Å²) >= 11 is 0. The van der Waals surface area contributed by atoms with Crippen LogP contribution in [-0.2, 0) is 11.8 Å². The number of aromatic nitrogens is 2. The Labute approximate surface area is 134 Å². The number of carbonyl (C=O) groups excluding carboxylic acids is 2. The summed E-state index contributed by atoms with van der Waals surface area (Å²) in [5.41, 5.74) is 1.66. The molecule has 116 valence electrons. The lowest BCUT2D eigenvalue weighted by Gasteiger charge is -2.12. The molecule has 0 aliphatic carbocycles. The minimum absolute atomic E-state index is 0.194. The van der Waals surface area contributed by atoms with Gasteiger partial charge in [0.05, 0.1) is 5.56 Å². The van der Waals surface area contributed by atoms with Gasteiger partial charge in [0.2, 0.25) is 0 Å². The number of Topliss-reactive ketones (excluding diaryl/α,β-unsaturated/α-hetero) is 1. The van der Waals surface area contributed by atoms with Gasteiger partial charge in [-0.1, -0.05) is 36.4 Å². The van der Waals surface area contributed by atoms with E-state index in [4.69, 9.17) is 5.26 Å². The molecule has 0 fully saturated rings. The standard InChI is InChI=1S/C17H16N4O2/c1-3-7-14(15(22)10-18)19-17(23)13-11-21(2)20-16(13)12-8-5-4-6-9-12/h3-6,8-9,11,14H,1,7H2,2H3,(H,19,23)/t14-/m0/s1. The van der Waals surface area contributed by atoms with Crippen LogP contribution in [0.15, 0.2) is 49.2 Å². The second-order valence-electron chi connectivity index (χ2n) is 4.96. The monoisotopic (exact) mass is 308 g/mol. The maximum atomic E-state index is 12.5. The van der Waals surface area contributed by atoms with Crippen molar-refractivity contribution in [3.63, 3.8) is 0 Å². The molecule has 0 saturated carbocycles. The number of amides is 1. The molecule has 6 nitrogen and oxygen atoms in total. The number of nitriles is 1. The van der Waals surface area contributed by atoms with Crippen molar-refractivity contribution < 1.29 is 9.59 Å². The lowest BCUT2D eigenvalue weighted by atomic mass is 10.1. The van der Waals surface area contributed by atoms with Crippen LogP contribution in [0.4, 0.5) is 0 Å². The highest BCUT2D eigenvalue weighted by Crippen LogP contribution is 2.21. The van der Waals surface area contributed by atoms with Gasteiger partial charge in [0.15, 0.2) is 0 Å². The Morgan fingerprint density at radius 2 is 2.13 bits per heavy atom. The fraction of sp³-hybridized carbons (Fsp3) is 0.176. The molecule has 0 bridgehead atoms. The number of hydrogen-bond donors (Lipinski definition) is 1. The second kappa shape index (κ2) is 7.18. The minimum atomic E-state index is -0.908. The van der Waals surface area contributed by atoms with Crippen LogP contribution in [0.5, 0.6) is 0 Å². The molecule has 0 unspecified atom stereocenters. The predicted molar refractivity (Wildman–Crippen MR) is 85.3 cm³/mol. The molecule has 23 heavy (non-hydrogen) atoms. The van der Waals surface area contributed by atoms with Crippen molar-refractivity contribution >= 4 is 11.7 Å². The topological polar surface area (TPSA) is 87.8 Å². The number of rotatable bonds is 6. The zero-order chi connectivity index (χ0) is 16.8. The minimum Gasteiger partial charge on any atom is -0.341 e. The van der Waals surface area contributed by atoms with Gasteiger partial charge in [-0.2, -0.15) is 10.4 Å². The number of nitrogens with one attached hydrogen (secondary N) is 1. The molecule has 1 aromatic carbocycles. The Morgan fingerprint density at radius 1 is 1.43 bits per heavy atom. The highest BCUT2D eigenvalue weighted by Gasteiger charge is 2.23. The third-order valence-corrected chi connectivity index (χ3v) is 3.26. The van der Waals surface area contributed by atoms with Gasteiger partial charge in [-0.05, 0) is 6.42 Å². The maximum absolute atomic E-state index is 12.5. The van der Waals surface area contributed by atoms with Gasteiger partial charge in [-0.3, -0.25) is 14.3 Å². The van der Waals surface area contributed by atoms with E-state index < -0.39 is 17.7 Å². The highest BCUT2D eigenvalue weighted by atomic mass is 16.2. The van der Waals surface area contributed by atoms with Crippen molar-refractivity contribution in [2.24, 2.45) is 7.05 Å². The van der Waals surface area contributed by atoms with E-state index in [-0.39, 0.29) is 6.42 Å². The number of benzene rings is 1. The summed E-state index contributed by atoms with van der Waals surface area (Å²) in [4.78, 5) is 24.1. The quantitative estimate of drug-likeness (QED) is 0.651. The van der Waals surface area contributed by atoms with E-state index in [2.05, 4.69) is 17.0 Å². The summed E-state index contributed by atoms with van der Waals surface area (Å²) in [6, 6.07) is 9.90. The smallest absolute Gasteiger partial charge is 0.255 e. The van der Waals surface area contributed by atoms with Gasteiger partial charge in [0.25, 0.3) is 11.7 Å². The lowest BCUT2D eigenvalue weighted by Crippen LogP contribution is -2.40. The Hall–Kier alpha value is -3.20. The van der Waals surface area contributed by atoms with Gasteiger partial charge in [-0.25, -0.2) is 0 Å². The van der Waals surface area contributed by atoms with Crippen LogP contribution in [0.2, 0.25) is 0 Å². The first-order valence-electron chi connectivity index (χ1n) is 7.01. The van der Waals surface area contributed by atoms with E-state index in [1.54, 1.807) is 13.2 Å². The molecule has 0 spiro atoms. The summed E-state index contributed by atoms with van der Waals surface area (Å²) < 4.78 is 1.53. The summed E-state index contributed by atoms with van der Waals surface area (Å²) in [5.74, 6) is -1.16. The molecular formula is C17H16N4O2. The summed E-state index contributed by atoms with van der Waals surface area (Å²) in [6.07, 6.45) is 3.26. The molecule has 0 saturated heterocycles. The Balaban J connectivity index is 2.31. The van der Waals surface area contributed by atoms with Crippen molar-refractivity contribution in [3.8, 4) is 17.3 Å². The molecule has 1 N–H and O–H groups in total. The highest BCUT2D eigenvalue weighted by molar-refractivity contribution is 6.05. The van der Waals surface area contributed by atoms with Gasteiger partial charge < -0.3 is 5.32 Å². The van der Waals surface area contributed by atoms with Gasteiger partial charge in [-0.15, -0.1) is 6.58 Å². The molecule has 1 aromatic heterocycles. The van der Waals surface area contributed by atoms with Crippen molar-refractivity contribution in [1.82, 2.24) is 15.1 Å². The largest absolute Gasteiger partial charge is 0.341 e. The van der Waals surface area contributed by atoms with E-state index in [9.17, 15) is 9.59 Å². The zero-order valence-corrected chi connectivity index (χ0v) is 12.7. The summed E-state index contributed by atoms with van der Waals surface area (Å²) in [6.45, 7) is 3.54. The van der Waals surface area contributed by atoms with E-state index >= 15 is 0 Å². The van der Waals surface area contributed by atoms with Crippen LogP contribution in [0.3, 0.4) is 0 Å². The molecule has 2 rings (SSSR count). The molecule has 1 heterocycles. The van der Waals surface area contributed by atoms with Crippen LogP contribution in [-0.4, -0.2) is 27.5 Å². The molecule has 0 radical (unpaired) electrons. The molecule has 2 aromatic rings. The molecule has 1 atom stereocenters. The van der Waals surface area contributed by atoms with E-state index in [1.165, 1.54) is 16.8 Å². The first kappa shape index (κ1) is 16.2. The average molecular weight is 308 g/mol. The fourth-order valence-corrected chi connectivity index (χ4v) is 2.18. The third kappa shape index (κ3) is 3.71. The van der Waals surface area contributed by atoms with Crippen molar-refractivity contribution in [2.75, 3.05) is 0 Å². The Morgan fingerprint density at radius 3 is 2.74 bits per heavy atom.